The molecule has 1 heterocycles. The van der Waals surface area contributed by atoms with E-state index in [1.54, 1.807) is 24.3 Å². The van der Waals surface area contributed by atoms with Crippen molar-refractivity contribution >= 4 is 29.2 Å². The van der Waals surface area contributed by atoms with Gasteiger partial charge in [-0.15, -0.1) is 0 Å². The molecule has 0 bridgehead atoms. The number of aliphatic hydroxyl groups excluding tert-OH is 1. The van der Waals surface area contributed by atoms with Gasteiger partial charge in [0.1, 0.15) is 11.7 Å². The van der Waals surface area contributed by atoms with Crippen LogP contribution in [0.1, 0.15) is 15.9 Å². The lowest BCUT2D eigenvalue weighted by Gasteiger charge is -2.17. The second kappa shape index (κ2) is 5.92. The molecule has 7 heteroatoms. The molecule has 3 rings (SSSR count). The number of carbonyl (C=O) groups is 3. The molecule has 1 N–H and O–H groups in total. The Morgan fingerprint density at radius 1 is 1.12 bits per heavy atom. The monoisotopic (exact) mass is 329 g/mol. The van der Waals surface area contributed by atoms with E-state index in [2.05, 4.69) is 4.99 Å². The van der Waals surface area contributed by atoms with Crippen LogP contribution in [-0.2, 0) is 19.1 Å². The predicted molar refractivity (Wildman–Crippen MR) is 83.6 cm³/mol. The fourth-order valence-electron chi connectivity index (χ4n) is 3.09. The average Bonchev–Trinajstić information content (AvgIpc) is 3.14. The molecule has 1 aromatic carbocycles. The molecule has 1 aromatic rings. The maximum absolute atomic E-state index is 12.6. The quantitative estimate of drug-likeness (QED) is 0.836. The molecule has 2 atom stereocenters. The molecule has 2 aliphatic rings. The fraction of sp³-hybridized carbons (Fsp3) is 0.294. The van der Waals surface area contributed by atoms with Gasteiger partial charge in [-0.05, 0) is 0 Å². The molecule has 0 amide bonds. The lowest BCUT2D eigenvalue weighted by molar-refractivity contribution is -0.153. The number of aliphatic hydroxyl groups is 1. The highest BCUT2D eigenvalue weighted by atomic mass is 16.5. The molecule has 7 nitrogen and oxygen atoms in total. The number of rotatable bonds is 3. The number of aliphatic imine (C=N–C) groups is 1. The van der Waals surface area contributed by atoms with Crippen molar-refractivity contribution in [2.24, 2.45) is 16.8 Å². The third-order valence-electron chi connectivity index (χ3n) is 4.26. The van der Waals surface area contributed by atoms with Gasteiger partial charge in [0.2, 0.25) is 0 Å². The van der Waals surface area contributed by atoms with Gasteiger partial charge in [-0.3, -0.25) is 19.4 Å². The molecular formula is C17H15NO6. The predicted octanol–water partition coefficient (Wildman–Crippen LogP) is 1.19. The molecule has 24 heavy (non-hydrogen) atoms. The van der Waals surface area contributed by atoms with Gasteiger partial charge < -0.3 is 14.6 Å². The van der Waals surface area contributed by atoms with Crippen LogP contribution in [0.4, 0.5) is 0 Å². The fourth-order valence-corrected chi connectivity index (χ4v) is 3.09. The van der Waals surface area contributed by atoms with Gasteiger partial charge in [0.15, 0.2) is 5.78 Å². The molecule has 0 saturated heterocycles. The standard InChI is InChI=1S/C17H15NO6/c1-23-16(21)10-7-18-13(11(10)17(22)24-2)12-14(19)8-5-3-4-6-9(8)15(12)20/h3-6,10-11,19H,7H2,1-2H3/t10-,11+/m0/s1. The number of Topliss-reactive ketones (excluding diaryl/α,β-unsaturated/α-hetero) is 1. The first-order chi connectivity index (χ1) is 11.5. The molecule has 0 saturated carbocycles. The smallest absolute Gasteiger partial charge is 0.315 e. The molecule has 1 aliphatic carbocycles. The highest BCUT2D eigenvalue weighted by Crippen LogP contribution is 2.37. The summed E-state index contributed by atoms with van der Waals surface area (Å²) in [6, 6.07) is 6.56. The molecule has 124 valence electrons. The van der Waals surface area contributed by atoms with Crippen LogP contribution in [0.5, 0.6) is 0 Å². The van der Waals surface area contributed by atoms with Gasteiger partial charge in [-0.25, -0.2) is 0 Å². The third-order valence-corrected chi connectivity index (χ3v) is 4.26. The number of esters is 2. The molecule has 0 spiro atoms. The Bertz CT molecular complexity index is 807. The number of ether oxygens (including phenoxy) is 2. The van der Waals surface area contributed by atoms with Gasteiger partial charge in [0.25, 0.3) is 0 Å². The molecule has 1 aliphatic heterocycles. The summed E-state index contributed by atoms with van der Waals surface area (Å²) in [5.41, 5.74) is 0.720. The number of hydrogen-bond donors (Lipinski definition) is 1. The molecule has 0 aromatic heterocycles. The topological polar surface area (TPSA) is 102 Å². The number of nitrogens with zero attached hydrogens (tertiary/aromatic N) is 1. The van der Waals surface area contributed by atoms with Crippen LogP contribution in [0.3, 0.4) is 0 Å². The number of fused-ring (bicyclic) bond motifs is 1. The van der Waals surface area contributed by atoms with Crippen molar-refractivity contribution in [1.82, 2.24) is 0 Å². The SMILES string of the molecule is COC(=O)[C@H]1C(C2=C(O)c3ccccc3C2=O)=NC[C@@H]1C(=O)OC. The first-order valence-corrected chi connectivity index (χ1v) is 7.29. The molecule has 0 unspecified atom stereocenters. The summed E-state index contributed by atoms with van der Waals surface area (Å²) in [5.74, 6) is -3.96. The van der Waals surface area contributed by atoms with Gasteiger partial charge in [0, 0.05) is 11.1 Å². The van der Waals surface area contributed by atoms with E-state index in [-0.39, 0.29) is 23.6 Å². The van der Waals surface area contributed by atoms with Gasteiger partial charge in [0.05, 0.1) is 38.0 Å². The van der Waals surface area contributed by atoms with Gasteiger partial charge in [-0.1, -0.05) is 24.3 Å². The Hall–Kier alpha value is -2.96. The van der Waals surface area contributed by atoms with E-state index < -0.39 is 29.6 Å². The normalized spacial score (nSPS) is 22.2. The van der Waals surface area contributed by atoms with Crippen LogP contribution in [-0.4, -0.2) is 49.3 Å². The largest absolute Gasteiger partial charge is 0.506 e. The number of allylic oxidation sites excluding steroid dienone is 1. The Morgan fingerprint density at radius 3 is 2.33 bits per heavy atom. The van der Waals surface area contributed by atoms with Crippen molar-refractivity contribution in [3.63, 3.8) is 0 Å². The lowest BCUT2D eigenvalue weighted by atomic mass is 9.86. The number of hydrogen-bond acceptors (Lipinski definition) is 7. The minimum Gasteiger partial charge on any atom is -0.506 e. The zero-order chi connectivity index (χ0) is 17.4. The highest BCUT2D eigenvalue weighted by Gasteiger charge is 2.47. The maximum atomic E-state index is 12.6. The number of ketones is 1. The maximum Gasteiger partial charge on any atom is 0.315 e. The first kappa shape index (κ1) is 15.9. The van der Waals surface area contributed by atoms with Crippen molar-refractivity contribution in [2.75, 3.05) is 20.8 Å². The van der Waals surface area contributed by atoms with E-state index in [0.717, 1.165) is 0 Å². The molecule has 0 fully saturated rings. The zero-order valence-electron chi connectivity index (χ0n) is 13.1. The van der Waals surface area contributed by atoms with Crippen molar-refractivity contribution in [2.45, 2.75) is 0 Å². The van der Waals surface area contributed by atoms with E-state index in [4.69, 9.17) is 9.47 Å². The second-order valence-electron chi connectivity index (χ2n) is 5.45. The molecule has 0 radical (unpaired) electrons. The van der Waals surface area contributed by atoms with Crippen LogP contribution in [0.15, 0.2) is 34.8 Å². The summed E-state index contributed by atoms with van der Waals surface area (Å²) in [6.07, 6.45) is 0. The summed E-state index contributed by atoms with van der Waals surface area (Å²) in [6.45, 7) is -0.0117. The second-order valence-corrected chi connectivity index (χ2v) is 5.45. The summed E-state index contributed by atoms with van der Waals surface area (Å²) in [4.78, 5) is 40.9. The van der Waals surface area contributed by atoms with E-state index in [1.165, 1.54) is 14.2 Å². The summed E-state index contributed by atoms with van der Waals surface area (Å²) in [5, 5.41) is 10.4. The van der Waals surface area contributed by atoms with Crippen LogP contribution in [0, 0.1) is 11.8 Å². The van der Waals surface area contributed by atoms with E-state index in [0.29, 0.717) is 11.1 Å². The Kier molecular flexibility index (Phi) is 3.92. The van der Waals surface area contributed by atoms with Crippen LogP contribution in [0.2, 0.25) is 0 Å². The van der Waals surface area contributed by atoms with Crippen molar-refractivity contribution in [3.8, 4) is 0 Å². The number of methoxy groups -OCH3 is 2. The summed E-state index contributed by atoms with van der Waals surface area (Å²) >= 11 is 0. The lowest BCUT2D eigenvalue weighted by Crippen LogP contribution is -2.35. The average molecular weight is 329 g/mol. The first-order valence-electron chi connectivity index (χ1n) is 7.29. The summed E-state index contributed by atoms with van der Waals surface area (Å²) in [7, 11) is 2.40. The Morgan fingerprint density at radius 2 is 1.75 bits per heavy atom. The Labute approximate surface area is 137 Å². The van der Waals surface area contributed by atoms with E-state index >= 15 is 0 Å². The van der Waals surface area contributed by atoms with Crippen molar-refractivity contribution in [3.05, 3.63) is 41.0 Å². The van der Waals surface area contributed by atoms with Gasteiger partial charge >= 0.3 is 11.9 Å². The number of carbonyl (C=O) groups excluding carboxylic acids is 3. The molecular weight excluding hydrogens is 314 g/mol. The van der Waals surface area contributed by atoms with Crippen molar-refractivity contribution in [1.29, 1.82) is 0 Å². The highest BCUT2D eigenvalue weighted by molar-refractivity contribution is 6.38. The third kappa shape index (κ3) is 2.20. The van der Waals surface area contributed by atoms with Crippen LogP contribution >= 0.6 is 0 Å². The minimum absolute atomic E-state index is 0.0117. The van der Waals surface area contributed by atoms with Gasteiger partial charge in [-0.2, -0.15) is 0 Å². The Balaban J connectivity index is 2.06. The van der Waals surface area contributed by atoms with E-state index in [9.17, 15) is 19.5 Å². The zero-order valence-corrected chi connectivity index (χ0v) is 13.1. The minimum atomic E-state index is -1.09. The van der Waals surface area contributed by atoms with E-state index in [1.807, 2.05) is 0 Å². The van der Waals surface area contributed by atoms with Crippen LogP contribution < -0.4 is 0 Å². The summed E-state index contributed by atoms with van der Waals surface area (Å²) < 4.78 is 9.46. The van der Waals surface area contributed by atoms with Crippen molar-refractivity contribution < 1.29 is 29.0 Å². The number of benzene rings is 1. The van der Waals surface area contributed by atoms with Crippen LogP contribution in [0.25, 0.3) is 5.76 Å².